The molecule has 0 aliphatic rings. The Morgan fingerprint density at radius 3 is 2.78 bits per heavy atom. The number of nitro benzene ring substituents is 1. The normalized spacial score (nSPS) is 10.4. The zero-order valence-corrected chi connectivity index (χ0v) is 14.3. The summed E-state index contributed by atoms with van der Waals surface area (Å²) < 4.78 is 4.96. The molecule has 0 radical (unpaired) electrons. The molecule has 0 aliphatic carbocycles. The van der Waals surface area contributed by atoms with E-state index in [0.29, 0.717) is 11.3 Å². The van der Waals surface area contributed by atoms with Gasteiger partial charge in [-0.2, -0.15) is 0 Å². The number of nitro groups is 1. The average Bonchev–Trinajstić information content (AvgIpc) is 2.66. The predicted octanol–water partition coefficient (Wildman–Crippen LogP) is 3.25. The molecule has 8 heteroatoms. The van der Waals surface area contributed by atoms with Crippen molar-refractivity contribution in [3.8, 4) is 0 Å². The van der Waals surface area contributed by atoms with Crippen molar-refractivity contribution in [3.05, 3.63) is 76.0 Å². The Balaban J connectivity index is 1.66. The van der Waals surface area contributed by atoms with E-state index in [9.17, 15) is 19.7 Å². The first-order valence-electron chi connectivity index (χ1n) is 8.01. The number of pyridine rings is 1. The van der Waals surface area contributed by atoms with Crippen LogP contribution in [-0.2, 0) is 9.53 Å². The summed E-state index contributed by atoms with van der Waals surface area (Å²) in [6, 6.07) is 12.9. The number of amides is 1. The molecule has 1 heterocycles. The monoisotopic (exact) mass is 365 g/mol. The highest BCUT2D eigenvalue weighted by Crippen LogP contribution is 2.22. The number of hydrogen-bond donors (Lipinski definition) is 1. The maximum atomic E-state index is 12.1. The number of fused-ring (bicyclic) bond motifs is 1. The van der Waals surface area contributed by atoms with E-state index in [-0.39, 0.29) is 11.3 Å². The maximum Gasteiger partial charge on any atom is 0.338 e. The molecule has 1 N–H and O–H groups in total. The van der Waals surface area contributed by atoms with E-state index >= 15 is 0 Å². The van der Waals surface area contributed by atoms with Gasteiger partial charge in [0.15, 0.2) is 6.61 Å². The van der Waals surface area contributed by atoms with Gasteiger partial charge in [0, 0.05) is 23.2 Å². The first-order valence-corrected chi connectivity index (χ1v) is 8.01. The topological polar surface area (TPSA) is 111 Å². The largest absolute Gasteiger partial charge is 0.452 e. The van der Waals surface area contributed by atoms with Gasteiger partial charge in [-0.25, -0.2) is 4.79 Å². The number of carbonyl (C=O) groups is 2. The summed E-state index contributed by atoms with van der Waals surface area (Å²) in [5.74, 6) is -1.34. The molecule has 3 rings (SSSR count). The third-order valence-corrected chi connectivity index (χ3v) is 3.90. The molecule has 2 aromatic carbocycles. The molecule has 0 fully saturated rings. The highest BCUT2D eigenvalue weighted by atomic mass is 16.6. The molecular formula is C19H15N3O5. The van der Waals surface area contributed by atoms with Gasteiger partial charge >= 0.3 is 5.97 Å². The molecule has 8 nitrogen and oxygen atoms in total. The number of rotatable bonds is 5. The Kier molecular flexibility index (Phi) is 5.07. The van der Waals surface area contributed by atoms with Gasteiger partial charge in [-0.15, -0.1) is 0 Å². The Labute approximate surface area is 153 Å². The van der Waals surface area contributed by atoms with Crippen LogP contribution in [0.4, 0.5) is 11.4 Å². The number of nitrogens with one attached hydrogen (secondary N) is 1. The Hall–Kier alpha value is -3.81. The van der Waals surface area contributed by atoms with Crippen molar-refractivity contribution in [2.45, 2.75) is 6.92 Å². The number of carbonyl (C=O) groups excluding carboxylic acids is 2. The van der Waals surface area contributed by atoms with Crippen LogP contribution in [0.15, 0.2) is 54.7 Å². The van der Waals surface area contributed by atoms with Gasteiger partial charge in [-0.05, 0) is 37.3 Å². The molecule has 0 bridgehead atoms. The third-order valence-electron chi connectivity index (χ3n) is 3.90. The predicted molar refractivity (Wildman–Crippen MR) is 98.5 cm³/mol. The van der Waals surface area contributed by atoms with Crippen LogP contribution in [0.5, 0.6) is 0 Å². The molecule has 1 amide bonds. The van der Waals surface area contributed by atoms with E-state index in [0.717, 1.165) is 17.0 Å². The van der Waals surface area contributed by atoms with Crippen LogP contribution in [0.25, 0.3) is 10.9 Å². The molecule has 3 aromatic rings. The third kappa shape index (κ3) is 4.06. The van der Waals surface area contributed by atoms with E-state index < -0.39 is 23.4 Å². The first-order chi connectivity index (χ1) is 13.0. The van der Waals surface area contributed by atoms with Crippen LogP contribution in [0.1, 0.15) is 15.9 Å². The van der Waals surface area contributed by atoms with Gasteiger partial charge < -0.3 is 10.1 Å². The highest BCUT2D eigenvalue weighted by molar-refractivity contribution is 6.02. The molecule has 0 saturated carbocycles. The van der Waals surface area contributed by atoms with Crippen molar-refractivity contribution < 1.29 is 19.2 Å². The van der Waals surface area contributed by atoms with Gasteiger partial charge in [0.1, 0.15) is 0 Å². The van der Waals surface area contributed by atoms with Gasteiger partial charge in [0.25, 0.3) is 11.6 Å². The Morgan fingerprint density at radius 2 is 2.00 bits per heavy atom. The van der Waals surface area contributed by atoms with Crippen molar-refractivity contribution in [1.29, 1.82) is 0 Å². The molecule has 0 aliphatic heterocycles. The number of aryl methyl sites for hydroxylation is 1. The number of benzene rings is 2. The van der Waals surface area contributed by atoms with E-state index in [2.05, 4.69) is 10.3 Å². The summed E-state index contributed by atoms with van der Waals surface area (Å²) in [6.07, 6.45) is 1.65. The number of aromatic nitrogens is 1. The summed E-state index contributed by atoms with van der Waals surface area (Å²) in [7, 11) is 0. The number of hydrogen-bond acceptors (Lipinski definition) is 6. The molecule has 0 atom stereocenters. The molecule has 0 saturated heterocycles. The first kappa shape index (κ1) is 18.0. The lowest BCUT2D eigenvalue weighted by Crippen LogP contribution is -2.21. The fraction of sp³-hybridized carbons (Fsp3) is 0.105. The van der Waals surface area contributed by atoms with Crippen molar-refractivity contribution in [1.82, 2.24) is 4.98 Å². The average molecular weight is 365 g/mol. The van der Waals surface area contributed by atoms with Gasteiger partial charge in [-0.3, -0.25) is 19.9 Å². The SMILES string of the molecule is Cc1ccc(C(=O)OCC(=O)Nc2cccc3ncccc23)cc1[N+](=O)[O-]. The zero-order chi connectivity index (χ0) is 19.4. The van der Waals surface area contributed by atoms with Gasteiger partial charge in [-0.1, -0.05) is 12.1 Å². The second kappa shape index (κ2) is 7.61. The van der Waals surface area contributed by atoms with Gasteiger partial charge in [0.05, 0.1) is 21.7 Å². The molecule has 1 aromatic heterocycles. The highest BCUT2D eigenvalue weighted by Gasteiger charge is 2.17. The number of nitrogens with zero attached hydrogens (tertiary/aromatic N) is 2. The van der Waals surface area contributed by atoms with E-state index in [1.165, 1.54) is 12.1 Å². The van der Waals surface area contributed by atoms with Crippen LogP contribution >= 0.6 is 0 Å². The van der Waals surface area contributed by atoms with Crippen LogP contribution in [0.2, 0.25) is 0 Å². The minimum absolute atomic E-state index is 0.00876. The van der Waals surface area contributed by atoms with Gasteiger partial charge in [0.2, 0.25) is 0 Å². The summed E-state index contributed by atoms with van der Waals surface area (Å²) in [5.41, 5.74) is 1.53. The minimum Gasteiger partial charge on any atom is -0.452 e. The van der Waals surface area contributed by atoms with E-state index in [1.807, 2.05) is 12.1 Å². The van der Waals surface area contributed by atoms with Crippen LogP contribution in [0.3, 0.4) is 0 Å². The molecule has 136 valence electrons. The molecule has 27 heavy (non-hydrogen) atoms. The Morgan fingerprint density at radius 1 is 1.19 bits per heavy atom. The lowest BCUT2D eigenvalue weighted by Gasteiger charge is -2.09. The standard InChI is InChI=1S/C19H15N3O5/c1-12-7-8-13(10-17(12)22(25)26)19(24)27-11-18(23)21-16-6-2-5-15-14(16)4-3-9-20-15/h2-10H,11H2,1H3,(H,21,23). The lowest BCUT2D eigenvalue weighted by atomic mass is 10.1. The summed E-state index contributed by atoms with van der Waals surface area (Å²) in [4.78, 5) is 38.8. The fourth-order valence-corrected chi connectivity index (χ4v) is 2.55. The van der Waals surface area contributed by atoms with E-state index in [1.54, 1.807) is 31.3 Å². The number of anilines is 1. The maximum absolute atomic E-state index is 12.1. The second-order valence-electron chi connectivity index (χ2n) is 5.76. The number of esters is 1. The van der Waals surface area contributed by atoms with Crippen molar-refractivity contribution in [2.75, 3.05) is 11.9 Å². The van der Waals surface area contributed by atoms with Crippen LogP contribution in [-0.4, -0.2) is 28.4 Å². The quantitative estimate of drug-likeness (QED) is 0.422. The Bertz CT molecular complexity index is 1040. The second-order valence-corrected chi connectivity index (χ2v) is 5.76. The van der Waals surface area contributed by atoms with Crippen molar-refractivity contribution in [3.63, 3.8) is 0 Å². The van der Waals surface area contributed by atoms with Crippen molar-refractivity contribution in [2.24, 2.45) is 0 Å². The van der Waals surface area contributed by atoms with Crippen LogP contribution in [0, 0.1) is 17.0 Å². The fourth-order valence-electron chi connectivity index (χ4n) is 2.55. The van der Waals surface area contributed by atoms with Crippen molar-refractivity contribution >= 4 is 34.2 Å². The summed E-state index contributed by atoms with van der Waals surface area (Å²) in [6.45, 7) is 1.05. The molecule has 0 spiro atoms. The summed E-state index contributed by atoms with van der Waals surface area (Å²) >= 11 is 0. The molecule has 0 unspecified atom stereocenters. The van der Waals surface area contributed by atoms with E-state index in [4.69, 9.17) is 4.74 Å². The summed E-state index contributed by atoms with van der Waals surface area (Å²) in [5, 5.41) is 14.4. The smallest absolute Gasteiger partial charge is 0.338 e. The lowest BCUT2D eigenvalue weighted by molar-refractivity contribution is -0.385. The number of ether oxygens (including phenoxy) is 1. The minimum atomic E-state index is -0.812. The van der Waals surface area contributed by atoms with Crippen LogP contribution < -0.4 is 5.32 Å². The zero-order valence-electron chi connectivity index (χ0n) is 14.3. The molecular weight excluding hydrogens is 350 g/mol.